The van der Waals surface area contributed by atoms with Crippen LogP contribution >= 0.6 is 11.6 Å². The summed E-state index contributed by atoms with van der Waals surface area (Å²) in [6.07, 6.45) is 0.410. The van der Waals surface area contributed by atoms with Gasteiger partial charge in [-0.15, -0.1) is 0 Å². The van der Waals surface area contributed by atoms with Crippen molar-refractivity contribution >= 4 is 39.2 Å². The van der Waals surface area contributed by atoms with E-state index < -0.39 is 26.8 Å². The number of nitrogens with zero attached hydrogens (tertiary/aromatic N) is 3. The maximum atomic E-state index is 12.9. The van der Waals surface area contributed by atoms with E-state index in [0.717, 1.165) is 16.4 Å². The summed E-state index contributed by atoms with van der Waals surface area (Å²) in [6, 6.07) is 3.17. The Balaban J connectivity index is 1.99. The van der Waals surface area contributed by atoms with Gasteiger partial charge in [0.15, 0.2) is 6.61 Å². The molecule has 12 heteroatoms. The lowest BCUT2D eigenvalue weighted by molar-refractivity contribution is -0.385. The van der Waals surface area contributed by atoms with Crippen molar-refractivity contribution in [2.75, 3.05) is 19.7 Å². The zero-order valence-corrected chi connectivity index (χ0v) is 20.1. The van der Waals surface area contributed by atoms with Gasteiger partial charge in [-0.2, -0.15) is 4.31 Å². The first-order valence-electron chi connectivity index (χ1n) is 10.3. The molecule has 0 bridgehead atoms. The minimum atomic E-state index is -4.07. The molecular formula is C20H28ClN3O7S. The highest BCUT2D eigenvalue weighted by atomic mass is 35.5. The number of non-ortho nitro benzene ring substituents is 1. The van der Waals surface area contributed by atoms with Crippen LogP contribution in [0.1, 0.15) is 40.5 Å². The number of piperidine rings is 1. The third-order valence-electron chi connectivity index (χ3n) is 5.27. The molecule has 32 heavy (non-hydrogen) atoms. The number of sulfonamides is 1. The summed E-state index contributed by atoms with van der Waals surface area (Å²) in [5.74, 6) is -1.37. The summed E-state index contributed by atoms with van der Waals surface area (Å²) in [7, 11) is -4.07. The second-order valence-electron chi connectivity index (χ2n) is 8.15. The maximum absolute atomic E-state index is 12.9. The summed E-state index contributed by atoms with van der Waals surface area (Å²) >= 11 is 5.99. The Morgan fingerprint density at radius 1 is 1.22 bits per heavy atom. The number of carbonyl (C=O) groups excluding carboxylic acids is 2. The molecule has 0 N–H and O–H groups in total. The first-order chi connectivity index (χ1) is 14.9. The van der Waals surface area contributed by atoms with Crippen LogP contribution in [-0.2, 0) is 24.3 Å². The van der Waals surface area contributed by atoms with Crippen molar-refractivity contribution in [1.29, 1.82) is 0 Å². The number of carbonyl (C=O) groups is 2. The van der Waals surface area contributed by atoms with E-state index in [1.54, 1.807) is 4.90 Å². The van der Waals surface area contributed by atoms with Crippen molar-refractivity contribution in [2.24, 2.45) is 5.92 Å². The molecule has 1 aromatic rings. The molecule has 178 valence electrons. The fourth-order valence-electron chi connectivity index (χ4n) is 3.77. The van der Waals surface area contributed by atoms with E-state index in [0.29, 0.717) is 0 Å². The molecule has 1 amide bonds. The van der Waals surface area contributed by atoms with Crippen LogP contribution in [-0.4, -0.2) is 66.2 Å². The van der Waals surface area contributed by atoms with Crippen LogP contribution in [0.25, 0.3) is 0 Å². The molecule has 0 aliphatic carbocycles. The van der Waals surface area contributed by atoms with E-state index in [1.165, 1.54) is 6.07 Å². The number of nitro groups is 1. The number of esters is 1. The second kappa shape index (κ2) is 10.6. The minimum absolute atomic E-state index is 0.0270. The lowest BCUT2D eigenvalue weighted by Crippen LogP contribution is -2.45. The monoisotopic (exact) mass is 489 g/mol. The predicted molar refractivity (Wildman–Crippen MR) is 118 cm³/mol. The first kappa shape index (κ1) is 26.0. The highest BCUT2D eigenvalue weighted by Gasteiger charge is 2.35. The quantitative estimate of drug-likeness (QED) is 0.312. The molecule has 0 unspecified atom stereocenters. The van der Waals surface area contributed by atoms with Gasteiger partial charge in [-0.05, 0) is 46.6 Å². The van der Waals surface area contributed by atoms with Gasteiger partial charge in [0, 0.05) is 37.3 Å². The average Bonchev–Trinajstić information content (AvgIpc) is 2.71. The van der Waals surface area contributed by atoms with Crippen LogP contribution in [0.4, 0.5) is 5.69 Å². The van der Waals surface area contributed by atoms with E-state index in [9.17, 15) is 28.1 Å². The van der Waals surface area contributed by atoms with Crippen molar-refractivity contribution in [1.82, 2.24) is 9.21 Å². The second-order valence-corrected chi connectivity index (χ2v) is 10.5. The highest BCUT2D eigenvalue weighted by Crippen LogP contribution is 2.31. The minimum Gasteiger partial charge on any atom is -0.455 e. The predicted octanol–water partition coefficient (Wildman–Crippen LogP) is 2.84. The number of amides is 1. The Morgan fingerprint density at radius 3 is 2.28 bits per heavy atom. The fraction of sp³-hybridized carbons (Fsp3) is 0.600. The van der Waals surface area contributed by atoms with Gasteiger partial charge in [-0.25, -0.2) is 8.42 Å². The third kappa shape index (κ3) is 5.96. The standard InChI is InChI=1S/C20H28ClN3O7S/c1-13(2)23(14(3)4)19(25)12-31-20(26)15-7-9-22(10-8-15)32(29,30)18-11-16(24(27)28)5-6-17(18)21/h5-6,11,13-15H,7-10,12H2,1-4H3. The number of hydrogen-bond donors (Lipinski definition) is 0. The molecule has 1 aliphatic rings. The molecule has 1 fully saturated rings. The van der Waals surface area contributed by atoms with E-state index in [1.807, 2.05) is 27.7 Å². The molecule has 1 aromatic carbocycles. The van der Waals surface area contributed by atoms with Crippen molar-refractivity contribution in [3.05, 3.63) is 33.3 Å². The van der Waals surface area contributed by atoms with Gasteiger partial charge in [-0.1, -0.05) is 11.6 Å². The molecule has 0 spiro atoms. The van der Waals surface area contributed by atoms with Crippen LogP contribution in [0.3, 0.4) is 0 Å². The van der Waals surface area contributed by atoms with Crippen LogP contribution in [0.5, 0.6) is 0 Å². The van der Waals surface area contributed by atoms with Crippen molar-refractivity contribution < 1.29 is 27.7 Å². The fourth-order valence-corrected chi connectivity index (χ4v) is 5.74. The highest BCUT2D eigenvalue weighted by molar-refractivity contribution is 7.89. The molecule has 0 atom stereocenters. The molecule has 0 aromatic heterocycles. The largest absolute Gasteiger partial charge is 0.455 e. The van der Waals surface area contributed by atoms with Crippen molar-refractivity contribution in [2.45, 2.75) is 57.5 Å². The Hall–Kier alpha value is -2.24. The summed E-state index contributed by atoms with van der Waals surface area (Å²) in [4.78, 5) is 36.3. The molecule has 0 radical (unpaired) electrons. The Kier molecular flexibility index (Phi) is 8.60. The SMILES string of the molecule is CC(C)N(C(=O)COC(=O)C1CCN(S(=O)(=O)c2cc([N+](=O)[O-])ccc2Cl)CC1)C(C)C. The van der Waals surface area contributed by atoms with Crippen molar-refractivity contribution in [3.8, 4) is 0 Å². The normalized spacial score (nSPS) is 15.7. The molecule has 0 saturated carbocycles. The zero-order valence-electron chi connectivity index (χ0n) is 18.5. The number of benzene rings is 1. The number of halogens is 1. The molecule has 1 aliphatic heterocycles. The molecule has 10 nitrogen and oxygen atoms in total. The number of ether oxygens (including phenoxy) is 1. The van der Waals surface area contributed by atoms with Gasteiger partial charge in [0.25, 0.3) is 11.6 Å². The van der Waals surface area contributed by atoms with Gasteiger partial charge in [-0.3, -0.25) is 19.7 Å². The van der Waals surface area contributed by atoms with Crippen molar-refractivity contribution in [3.63, 3.8) is 0 Å². The summed E-state index contributed by atoms with van der Waals surface area (Å²) < 4.78 is 32.2. The molecular weight excluding hydrogens is 462 g/mol. The topological polar surface area (TPSA) is 127 Å². The lowest BCUT2D eigenvalue weighted by atomic mass is 9.98. The van der Waals surface area contributed by atoms with Gasteiger partial charge in [0.05, 0.1) is 15.9 Å². The molecule has 1 saturated heterocycles. The van der Waals surface area contributed by atoms with E-state index in [-0.39, 0.29) is 66.1 Å². The lowest BCUT2D eigenvalue weighted by Gasteiger charge is -2.32. The van der Waals surface area contributed by atoms with Crippen LogP contribution in [0, 0.1) is 16.0 Å². The average molecular weight is 490 g/mol. The summed E-state index contributed by atoms with van der Waals surface area (Å²) in [6.45, 7) is 7.20. The smallest absolute Gasteiger partial charge is 0.309 e. The van der Waals surface area contributed by atoms with E-state index in [2.05, 4.69) is 0 Å². The third-order valence-corrected chi connectivity index (χ3v) is 7.65. The first-order valence-corrected chi connectivity index (χ1v) is 12.1. The van der Waals surface area contributed by atoms with Gasteiger partial charge in [0.2, 0.25) is 10.0 Å². The van der Waals surface area contributed by atoms with Crippen LogP contribution in [0.15, 0.2) is 23.1 Å². The Morgan fingerprint density at radius 2 is 1.78 bits per heavy atom. The Bertz CT molecular complexity index is 965. The summed E-state index contributed by atoms with van der Waals surface area (Å²) in [5.41, 5.74) is -0.382. The van der Waals surface area contributed by atoms with Crippen LogP contribution < -0.4 is 0 Å². The number of hydrogen-bond acceptors (Lipinski definition) is 7. The van der Waals surface area contributed by atoms with E-state index in [4.69, 9.17) is 16.3 Å². The summed E-state index contributed by atoms with van der Waals surface area (Å²) in [5, 5.41) is 10.9. The maximum Gasteiger partial charge on any atom is 0.309 e. The van der Waals surface area contributed by atoms with E-state index >= 15 is 0 Å². The van der Waals surface area contributed by atoms with Gasteiger partial charge < -0.3 is 9.64 Å². The number of rotatable bonds is 8. The zero-order chi connectivity index (χ0) is 24.2. The van der Waals surface area contributed by atoms with Crippen LogP contribution in [0.2, 0.25) is 5.02 Å². The Labute approximate surface area is 192 Å². The van der Waals surface area contributed by atoms with Gasteiger partial charge in [0.1, 0.15) is 4.90 Å². The number of nitro benzene ring substituents is 1. The van der Waals surface area contributed by atoms with Gasteiger partial charge >= 0.3 is 5.97 Å². The molecule has 1 heterocycles. The molecule has 2 rings (SSSR count).